The van der Waals surface area contributed by atoms with Gasteiger partial charge in [0.05, 0.1) is 0 Å². The highest BCUT2D eigenvalue weighted by atomic mass is 16.3. The summed E-state index contributed by atoms with van der Waals surface area (Å²) in [7, 11) is 0. The predicted molar refractivity (Wildman–Crippen MR) is 110 cm³/mol. The summed E-state index contributed by atoms with van der Waals surface area (Å²) in [4.78, 5) is 5.01. The normalized spacial score (nSPS) is 19.6. The Morgan fingerprint density at radius 1 is 0.852 bits per heavy atom. The Labute approximate surface area is 160 Å². The standard InChI is InChI=1S/C24H24N2O/c1-16-7-11-18(12-8-16)21-15-22(20-5-3-4-6-23(20)27)26-24(25-21)19-13-9-17(2)10-14-19/h3-14,22,24,26-27H,15H2,1-2H3. The van der Waals surface area contributed by atoms with Crippen molar-refractivity contribution in [1.29, 1.82) is 0 Å². The van der Waals surface area contributed by atoms with E-state index in [9.17, 15) is 5.11 Å². The van der Waals surface area contributed by atoms with Crippen LogP contribution < -0.4 is 5.32 Å². The van der Waals surface area contributed by atoms with Gasteiger partial charge in [-0.05, 0) is 31.0 Å². The van der Waals surface area contributed by atoms with Gasteiger partial charge >= 0.3 is 0 Å². The molecule has 0 fully saturated rings. The quantitative estimate of drug-likeness (QED) is 0.675. The fraction of sp³-hybridized carbons (Fsp3) is 0.208. The summed E-state index contributed by atoms with van der Waals surface area (Å²) in [5.41, 5.74) is 6.71. The highest BCUT2D eigenvalue weighted by Crippen LogP contribution is 2.34. The van der Waals surface area contributed by atoms with Crippen LogP contribution in [0, 0.1) is 13.8 Å². The van der Waals surface area contributed by atoms with Gasteiger partial charge in [-0.15, -0.1) is 0 Å². The highest BCUT2D eigenvalue weighted by molar-refractivity contribution is 6.01. The zero-order chi connectivity index (χ0) is 18.8. The first-order valence-electron chi connectivity index (χ1n) is 9.34. The van der Waals surface area contributed by atoms with E-state index in [2.05, 4.69) is 67.7 Å². The van der Waals surface area contributed by atoms with Gasteiger partial charge in [-0.25, -0.2) is 0 Å². The molecule has 3 aromatic rings. The van der Waals surface area contributed by atoms with Crippen molar-refractivity contribution in [3.63, 3.8) is 0 Å². The molecule has 0 spiro atoms. The lowest BCUT2D eigenvalue weighted by Crippen LogP contribution is -2.33. The highest BCUT2D eigenvalue weighted by Gasteiger charge is 2.27. The fourth-order valence-electron chi connectivity index (χ4n) is 3.53. The number of rotatable bonds is 3. The van der Waals surface area contributed by atoms with Gasteiger partial charge in [0.15, 0.2) is 0 Å². The molecule has 1 aliphatic rings. The molecule has 4 rings (SSSR count). The molecule has 1 heterocycles. The molecule has 3 heteroatoms. The molecule has 2 N–H and O–H groups in total. The summed E-state index contributed by atoms with van der Waals surface area (Å²) in [5.74, 6) is 0.322. The van der Waals surface area contributed by atoms with Crippen molar-refractivity contribution in [2.45, 2.75) is 32.5 Å². The van der Waals surface area contributed by atoms with E-state index < -0.39 is 0 Å². The minimum Gasteiger partial charge on any atom is -0.508 e. The first kappa shape index (κ1) is 17.5. The molecule has 0 bridgehead atoms. The maximum Gasteiger partial charge on any atom is 0.126 e. The van der Waals surface area contributed by atoms with E-state index in [1.54, 1.807) is 6.07 Å². The van der Waals surface area contributed by atoms with Crippen molar-refractivity contribution in [2.75, 3.05) is 0 Å². The second-order valence-corrected chi connectivity index (χ2v) is 7.24. The summed E-state index contributed by atoms with van der Waals surface area (Å²) in [6.45, 7) is 4.18. The molecular formula is C24H24N2O. The molecule has 0 saturated carbocycles. The summed E-state index contributed by atoms with van der Waals surface area (Å²) < 4.78 is 0. The Hall–Kier alpha value is -2.91. The molecule has 136 valence electrons. The van der Waals surface area contributed by atoms with Crippen LogP contribution in [-0.4, -0.2) is 10.8 Å². The lowest BCUT2D eigenvalue weighted by atomic mass is 9.93. The number of benzene rings is 3. The Morgan fingerprint density at radius 2 is 1.48 bits per heavy atom. The van der Waals surface area contributed by atoms with Crippen LogP contribution in [-0.2, 0) is 0 Å². The van der Waals surface area contributed by atoms with Crippen molar-refractivity contribution in [3.8, 4) is 5.75 Å². The minimum atomic E-state index is -0.139. The molecular weight excluding hydrogens is 332 g/mol. The molecule has 1 aliphatic heterocycles. The summed E-state index contributed by atoms with van der Waals surface area (Å²) in [6, 6.07) is 24.5. The van der Waals surface area contributed by atoms with E-state index in [0.29, 0.717) is 5.75 Å². The zero-order valence-corrected chi connectivity index (χ0v) is 15.7. The van der Waals surface area contributed by atoms with Crippen molar-refractivity contribution < 1.29 is 5.11 Å². The number of para-hydroxylation sites is 1. The van der Waals surface area contributed by atoms with Crippen LogP contribution in [0.4, 0.5) is 0 Å². The Balaban J connectivity index is 1.75. The van der Waals surface area contributed by atoms with Crippen LogP contribution in [0.25, 0.3) is 0 Å². The largest absolute Gasteiger partial charge is 0.508 e. The van der Waals surface area contributed by atoms with E-state index in [1.165, 1.54) is 11.1 Å². The van der Waals surface area contributed by atoms with Gasteiger partial charge in [0.25, 0.3) is 0 Å². The molecule has 0 saturated heterocycles. The molecule has 0 aromatic heterocycles. The molecule has 27 heavy (non-hydrogen) atoms. The molecule has 0 radical (unpaired) electrons. The topological polar surface area (TPSA) is 44.6 Å². The summed E-state index contributed by atoms with van der Waals surface area (Å²) in [6.07, 6.45) is 0.600. The number of phenols is 1. The maximum absolute atomic E-state index is 10.4. The average Bonchev–Trinajstić information content (AvgIpc) is 2.69. The summed E-state index contributed by atoms with van der Waals surface area (Å²) >= 11 is 0. The van der Waals surface area contributed by atoms with Crippen LogP contribution in [0.5, 0.6) is 5.75 Å². The third-order valence-corrected chi connectivity index (χ3v) is 5.13. The van der Waals surface area contributed by atoms with Crippen LogP contribution >= 0.6 is 0 Å². The van der Waals surface area contributed by atoms with Crippen LogP contribution in [0.1, 0.15) is 46.4 Å². The number of nitrogens with zero attached hydrogens (tertiary/aromatic N) is 1. The smallest absolute Gasteiger partial charge is 0.126 e. The van der Waals surface area contributed by atoms with Crippen LogP contribution in [0.2, 0.25) is 0 Å². The first-order valence-corrected chi connectivity index (χ1v) is 9.34. The first-order chi connectivity index (χ1) is 13.1. The number of aliphatic imine (C=N–C) groups is 1. The van der Waals surface area contributed by atoms with Gasteiger partial charge in [-0.3, -0.25) is 10.3 Å². The van der Waals surface area contributed by atoms with Crippen LogP contribution in [0.15, 0.2) is 77.8 Å². The third kappa shape index (κ3) is 3.79. The van der Waals surface area contributed by atoms with Gasteiger partial charge in [0.1, 0.15) is 11.9 Å². The van der Waals surface area contributed by atoms with E-state index in [4.69, 9.17) is 4.99 Å². The Morgan fingerprint density at radius 3 is 2.15 bits per heavy atom. The average molecular weight is 356 g/mol. The van der Waals surface area contributed by atoms with E-state index in [1.807, 2.05) is 18.2 Å². The fourth-order valence-corrected chi connectivity index (χ4v) is 3.53. The van der Waals surface area contributed by atoms with E-state index in [0.717, 1.165) is 28.8 Å². The van der Waals surface area contributed by atoms with Gasteiger partial charge in [-0.2, -0.15) is 0 Å². The predicted octanol–water partition coefficient (Wildman–Crippen LogP) is 5.23. The third-order valence-electron chi connectivity index (χ3n) is 5.13. The lowest BCUT2D eigenvalue weighted by molar-refractivity contribution is 0.412. The van der Waals surface area contributed by atoms with E-state index >= 15 is 0 Å². The maximum atomic E-state index is 10.4. The number of hydrogen-bond donors (Lipinski definition) is 2. The summed E-state index contributed by atoms with van der Waals surface area (Å²) in [5, 5.41) is 14.0. The lowest BCUT2D eigenvalue weighted by Gasteiger charge is -2.31. The Kier molecular flexibility index (Phi) is 4.78. The molecule has 3 nitrogen and oxygen atoms in total. The van der Waals surface area contributed by atoms with Crippen molar-refractivity contribution in [3.05, 3.63) is 101 Å². The van der Waals surface area contributed by atoms with Gasteiger partial charge in [0.2, 0.25) is 0 Å². The molecule has 0 amide bonds. The van der Waals surface area contributed by atoms with Gasteiger partial charge < -0.3 is 5.11 Å². The number of hydrogen-bond acceptors (Lipinski definition) is 3. The number of aryl methyl sites for hydroxylation is 2. The second-order valence-electron chi connectivity index (χ2n) is 7.24. The number of nitrogens with one attached hydrogen (secondary N) is 1. The molecule has 0 aliphatic carbocycles. The number of phenolic OH excluding ortho intramolecular Hbond substituents is 1. The second kappa shape index (κ2) is 7.37. The van der Waals surface area contributed by atoms with Crippen molar-refractivity contribution in [1.82, 2.24) is 5.32 Å². The monoisotopic (exact) mass is 356 g/mol. The molecule has 2 unspecified atom stereocenters. The van der Waals surface area contributed by atoms with Gasteiger partial charge in [-0.1, -0.05) is 77.9 Å². The zero-order valence-electron chi connectivity index (χ0n) is 15.7. The van der Waals surface area contributed by atoms with Crippen molar-refractivity contribution in [2.24, 2.45) is 4.99 Å². The Bertz CT molecular complexity index is 958. The molecule has 3 aromatic carbocycles. The van der Waals surface area contributed by atoms with Crippen LogP contribution in [0.3, 0.4) is 0 Å². The van der Waals surface area contributed by atoms with Crippen molar-refractivity contribution >= 4 is 5.71 Å². The SMILES string of the molecule is Cc1ccc(C2=NC(c3ccc(C)cc3)NC(c3ccccc3O)C2)cc1. The molecule has 2 atom stereocenters. The van der Waals surface area contributed by atoms with E-state index in [-0.39, 0.29) is 12.2 Å². The van der Waals surface area contributed by atoms with Gasteiger partial charge in [0, 0.05) is 23.7 Å². The minimum absolute atomic E-state index is 0.00584. The number of aromatic hydroxyl groups is 1.